The number of nitrogens with two attached hydrogens (primary N) is 2. The predicted molar refractivity (Wildman–Crippen MR) is 136 cm³/mol. The lowest BCUT2D eigenvalue weighted by Crippen LogP contribution is -2.24. The van der Waals surface area contributed by atoms with Crippen molar-refractivity contribution in [2.45, 2.75) is 25.8 Å². The lowest BCUT2D eigenvalue weighted by Gasteiger charge is -2.22. The van der Waals surface area contributed by atoms with E-state index in [0.717, 1.165) is 5.69 Å². The Bertz CT molecular complexity index is 1340. The molecule has 2 aromatic heterocycles. The fraction of sp³-hybridized carbons (Fsp3) is 0.320. The van der Waals surface area contributed by atoms with Crippen LogP contribution in [0.5, 0.6) is 0 Å². The maximum absolute atomic E-state index is 12.8. The summed E-state index contributed by atoms with van der Waals surface area (Å²) in [5.74, 6) is 0.710. The van der Waals surface area contributed by atoms with E-state index in [9.17, 15) is 14.4 Å². The summed E-state index contributed by atoms with van der Waals surface area (Å²) in [5, 5.41) is 0. The fourth-order valence-corrected chi connectivity index (χ4v) is 3.67. The minimum absolute atomic E-state index is 0.00631. The van der Waals surface area contributed by atoms with Crippen molar-refractivity contribution in [3.63, 3.8) is 0 Å². The largest absolute Gasteiger partial charge is 0.469 e. The molecule has 2 heterocycles. The van der Waals surface area contributed by atoms with Crippen LogP contribution in [0.1, 0.15) is 35.3 Å². The molecule has 37 heavy (non-hydrogen) atoms. The van der Waals surface area contributed by atoms with Crippen molar-refractivity contribution in [2.24, 2.45) is 5.92 Å². The van der Waals surface area contributed by atoms with Crippen LogP contribution in [0.15, 0.2) is 30.5 Å². The van der Waals surface area contributed by atoms with E-state index in [1.54, 1.807) is 30.5 Å². The minimum atomic E-state index is -0.757. The molecule has 1 unspecified atom stereocenters. The fourth-order valence-electron chi connectivity index (χ4n) is 3.67. The lowest BCUT2D eigenvalue weighted by atomic mass is 9.94. The van der Waals surface area contributed by atoms with Crippen LogP contribution in [-0.4, -0.2) is 58.4 Å². The highest BCUT2D eigenvalue weighted by Gasteiger charge is 2.24. The van der Waals surface area contributed by atoms with E-state index in [2.05, 4.69) is 30.6 Å². The van der Waals surface area contributed by atoms with Gasteiger partial charge in [-0.15, -0.1) is 6.42 Å². The van der Waals surface area contributed by atoms with Gasteiger partial charge in [0.25, 0.3) is 0 Å². The monoisotopic (exact) mass is 505 g/mol. The number of aromatic nitrogens is 4. The number of carbonyl (C=O) groups excluding carboxylic acids is 3. The molecule has 12 nitrogen and oxygen atoms in total. The molecule has 3 aromatic rings. The first-order valence-electron chi connectivity index (χ1n) is 11.3. The number of methoxy groups -OCH3 is 2. The molecule has 0 amide bonds. The van der Waals surface area contributed by atoms with Crippen LogP contribution in [0.4, 0.5) is 17.5 Å². The van der Waals surface area contributed by atoms with E-state index in [1.807, 2.05) is 4.90 Å². The Balaban J connectivity index is 1.75. The Labute approximate surface area is 213 Å². The molecule has 3 rings (SSSR count). The number of ketones is 1. The molecule has 1 aromatic carbocycles. The normalized spacial score (nSPS) is 11.4. The summed E-state index contributed by atoms with van der Waals surface area (Å²) in [6.07, 6.45) is 7.18. The summed E-state index contributed by atoms with van der Waals surface area (Å²) < 4.78 is 9.40. The van der Waals surface area contributed by atoms with Gasteiger partial charge >= 0.3 is 11.9 Å². The van der Waals surface area contributed by atoms with Crippen LogP contribution in [0.2, 0.25) is 0 Å². The van der Waals surface area contributed by atoms with Crippen LogP contribution >= 0.6 is 0 Å². The maximum Gasteiger partial charge on any atom is 0.309 e. The number of ether oxygens (including phenoxy) is 2. The molecule has 192 valence electrons. The van der Waals surface area contributed by atoms with E-state index in [0.29, 0.717) is 23.3 Å². The number of carbonyl (C=O) groups is 3. The van der Waals surface area contributed by atoms with Gasteiger partial charge in [-0.3, -0.25) is 14.4 Å². The maximum atomic E-state index is 12.8. The number of nitrogens with zero attached hydrogens (tertiary/aromatic N) is 5. The molecule has 4 N–H and O–H groups in total. The summed E-state index contributed by atoms with van der Waals surface area (Å²) in [6, 6.07) is 6.80. The third kappa shape index (κ3) is 6.88. The second-order valence-electron chi connectivity index (χ2n) is 8.07. The Morgan fingerprint density at radius 3 is 2.46 bits per heavy atom. The van der Waals surface area contributed by atoms with Gasteiger partial charge in [0.2, 0.25) is 5.95 Å². The molecule has 1 atom stereocenters. The third-order valence-corrected chi connectivity index (χ3v) is 5.58. The average Bonchev–Trinajstić information content (AvgIpc) is 2.90. The van der Waals surface area contributed by atoms with E-state index in [-0.39, 0.29) is 49.0 Å². The van der Waals surface area contributed by atoms with Gasteiger partial charge in [0.05, 0.1) is 45.1 Å². The molecule has 0 aliphatic heterocycles. The van der Waals surface area contributed by atoms with E-state index in [1.165, 1.54) is 14.2 Å². The number of hydrogen-bond donors (Lipinski definition) is 2. The Morgan fingerprint density at radius 1 is 1.08 bits per heavy atom. The predicted octanol–water partition coefficient (Wildman–Crippen LogP) is 1.54. The molecule has 0 saturated carbocycles. The standard InChI is InChI=1S/C25H27N7O5/c1-4-11-32(14-17-13-28-23-21(29-17)22(26)30-25(27)31-23)18-8-5-15(6-9-18)19(33)12-16(24(35)37-3)7-10-20(34)36-2/h1,5-6,8-9,13,16H,7,10-12,14H2,2-3H3,(H4,26,27,28,30,31). The van der Waals surface area contributed by atoms with Crippen LogP contribution in [0, 0.1) is 18.3 Å². The first kappa shape index (κ1) is 26.8. The molecule has 0 radical (unpaired) electrons. The second-order valence-corrected chi connectivity index (χ2v) is 8.07. The quantitative estimate of drug-likeness (QED) is 0.219. The highest BCUT2D eigenvalue weighted by Crippen LogP contribution is 2.22. The van der Waals surface area contributed by atoms with Crippen LogP contribution in [0.25, 0.3) is 11.2 Å². The molecule has 0 bridgehead atoms. The minimum Gasteiger partial charge on any atom is -0.469 e. The van der Waals surface area contributed by atoms with Gasteiger partial charge in [0.1, 0.15) is 0 Å². The zero-order valence-electron chi connectivity index (χ0n) is 20.5. The number of hydrogen-bond acceptors (Lipinski definition) is 12. The number of fused-ring (bicyclic) bond motifs is 1. The lowest BCUT2D eigenvalue weighted by molar-refractivity contribution is -0.146. The Hall–Kier alpha value is -4.79. The third-order valence-electron chi connectivity index (χ3n) is 5.58. The molecule has 0 spiro atoms. The van der Waals surface area contributed by atoms with Gasteiger partial charge in [-0.25, -0.2) is 9.97 Å². The number of benzene rings is 1. The van der Waals surface area contributed by atoms with Crippen molar-refractivity contribution < 1.29 is 23.9 Å². The number of terminal acetylenes is 1. The molecule has 0 fully saturated rings. The van der Waals surface area contributed by atoms with Gasteiger partial charge < -0.3 is 25.8 Å². The molecular weight excluding hydrogens is 478 g/mol. The molecule has 0 saturated heterocycles. The summed E-state index contributed by atoms with van der Waals surface area (Å²) in [5.41, 5.74) is 13.9. The van der Waals surface area contributed by atoms with Gasteiger partial charge in [0, 0.05) is 24.1 Å². The molecule has 0 aliphatic rings. The summed E-state index contributed by atoms with van der Waals surface area (Å²) >= 11 is 0. The zero-order chi connectivity index (χ0) is 26.9. The van der Waals surface area contributed by atoms with Crippen molar-refractivity contribution in [1.82, 2.24) is 19.9 Å². The summed E-state index contributed by atoms with van der Waals surface area (Å²) in [6.45, 7) is 0.570. The first-order valence-corrected chi connectivity index (χ1v) is 11.3. The topological polar surface area (TPSA) is 177 Å². The van der Waals surface area contributed by atoms with E-state index < -0.39 is 17.9 Å². The highest BCUT2D eigenvalue weighted by atomic mass is 16.5. The molecule has 12 heteroatoms. The van der Waals surface area contributed by atoms with Crippen LogP contribution < -0.4 is 16.4 Å². The highest BCUT2D eigenvalue weighted by molar-refractivity contribution is 5.98. The van der Waals surface area contributed by atoms with Crippen molar-refractivity contribution in [1.29, 1.82) is 0 Å². The Kier molecular flexibility index (Phi) is 8.88. The number of Topliss-reactive ketones (excluding diaryl/α,β-unsaturated/α-hetero) is 1. The zero-order valence-corrected chi connectivity index (χ0v) is 20.5. The van der Waals surface area contributed by atoms with Gasteiger partial charge in [0.15, 0.2) is 22.8 Å². The number of esters is 2. The van der Waals surface area contributed by atoms with Crippen molar-refractivity contribution in [3.8, 4) is 12.3 Å². The Morgan fingerprint density at radius 2 is 1.81 bits per heavy atom. The van der Waals surface area contributed by atoms with Gasteiger partial charge in [-0.2, -0.15) is 9.97 Å². The number of rotatable bonds is 11. The molecule has 0 aliphatic carbocycles. The van der Waals surface area contributed by atoms with Gasteiger partial charge in [-0.05, 0) is 30.7 Å². The SMILES string of the molecule is C#CCN(Cc1cnc2nc(N)nc(N)c2n1)c1ccc(C(=O)CC(CCC(=O)OC)C(=O)OC)cc1. The van der Waals surface area contributed by atoms with Crippen molar-refractivity contribution in [2.75, 3.05) is 37.1 Å². The van der Waals surface area contributed by atoms with Crippen LogP contribution in [-0.2, 0) is 25.6 Å². The number of anilines is 3. The van der Waals surface area contributed by atoms with E-state index in [4.69, 9.17) is 22.6 Å². The van der Waals surface area contributed by atoms with Crippen molar-refractivity contribution >= 4 is 46.3 Å². The van der Waals surface area contributed by atoms with Gasteiger partial charge in [-0.1, -0.05) is 5.92 Å². The summed E-state index contributed by atoms with van der Waals surface area (Å²) in [7, 11) is 2.50. The number of nitrogen functional groups attached to an aromatic ring is 2. The van der Waals surface area contributed by atoms with Crippen molar-refractivity contribution in [3.05, 3.63) is 41.7 Å². The first-order chi connectivity index (χ1) is 17.7. The molecular formula is C25H27N7O5. The van der Waals surface area contributed by atoms with E-state index >= 15 is 0 Å². The smallest absolute Gasteiger partial charge is 0.309 e. The summed E-state index contributed by atoms with van der Waals surface area (Å²) in [4.78, 5) is 55.0. The average molecular weight is 506 g/mol. The second kappa shape index (κ2) is 12.3. The van der Waals surface area contributed by atoms with Crippen LogP contribution in [0.3, 0.4) is 0 Å².